The minimum atomic E-state index is -0.414. The average molecular weight is 212 g/mol. The molecule has 0 spiro atoms. The molecule has 0 N–H and O–H groups in total. The number of allylic oxidation sites excluding steroid dienone is 2. The SMILES string of the molecule is C=N/C(=C\C(=N/CCF)C(C)C)C(C)C. The highest BCUT2D eigenvalue weighted by molar-refractivity contribution is 5.97. The van der Waals surface area contributed by atoms with E-state index in [4.69, 9.17) is 0 Å². The van der Waals surface area contributed by atoms with Crippen molar-refractivity contribution >= 4 is 12.4 Å². The van der Waals surface area contributed by atoms with Crippen LogP contribution in [0, 0.1) is 11.8 Å². The van der Waals surface area contributed by atoms with Crippen molar-refractivity contribution in [2.75, 3.05) is 13.2 Å². The Hall–Kier alpha value is -0.990. The first-order valence-corrected chi connectivity index (χ1v) is 5.31. The van der Waals surface area contributed by atoms with Gasteiger partial charge in [0.25, 0.3) is 0 Å². The monoisotopic (exact) mass is 212 g/mol. The molecule has 0 saturated heterocycles. The molecule has 0 aromatic rings. The van der Waals surface area contributed by atoms with Crippen LogP contribution in [-0.2, 0) is 0 Å². The molecular formula is C12H21FN2. The zero-order valence-electron chi connectivity index (χ0n) is 10.1. The molecule has 0 bridgehead atoms. The third-order valence-electron chi connectivity index (χ3n) is 2.04. The van der Waals surface area contributed by atoms with Gasteiger partial charge in [-0.1, -0.05) is 27.7 Å². The first-order valence-electron chi connectivity index (χ1n) is 5.31. The lowest BCUT2D eigenvalue weighted by Gasteiger charge is -2.09. The molecule has 0 fully saturated rings. The van der Waals surface area contributed by atoms with E-state index >= 15 is 0 Å². The minimum Gasteiger partial charge on any atom is -0.287 e. The molecule has 86 valence electrons. The van der Waals surface area contributed by atoms with Crippen molar-refractivity contribution in [2.45, 2.75) is 27.7 Å². The number of alkyl halides is 1. The van der Waals surface area contributed by atoms with E-state index < -0.39 is 6.67 Å². The van der Waals surface area contributed by atoms with Crippen molar-refractivity contribution in [3.8, 4) is 0 Å². The summed E-state index contributed by atoms with van der Waals surface area (Å²) in [6.45, 7) is 11.5. The van der Waals surface area contributed by atoms with E-state index in [2.05, 4.69) is 16.7 Å². The molecule has 0 aliphatic carbocycles. The van der Waals surface area contributed by atoms with Crippen LogP contribution in [0.1, 0.15) is 27.7 Å². The van der Waals surface area contributed by atoms with Crippen molar-refractivity contribution in [1.82, 2.24) is 0 Å². The summed E-state index contributed by atoms with van der Waals surface area (Å²) in [6, 6.07) is 0. The molecule has 2 nitrogen and oxygen atoms in total. The third-order valence-corrected chi connectivity index (χ3v) is 2.04. The fourth-order valence-electron chi connectivity index (χ4n) is 1.11. The Morgan fingerprint density at radius 1 is 1.27 bits per heavy atom. The molecular weight excluding hydrogens is 191 g/mol. The summed E-state index contributed by atoms with van der Waals surface area (Å²) in [5.74, 6) is 0.601. The predicted octanol–water partition coefficient (Wildman–Crippen LogP) is 3.29. The Bertz CT molecular complexity index is 252. The maximum absolute atomic E-state index is 12.0. The van der Waals surface area contributed by atoms with Gasteiger partial charge in [0.15, 0.2) is 0 Å². The Balaban J connectivity index is 4.85. The smallest absolute Gasteiger partial charge is 0.109 e. The lowest BCUT2D eigenvalue weighted by Crippen LogP contribution is -2.08. The fraction of sp³-hybridized carbons (Fsp3) is 0.667. The van der Waals surface area contributed by atoms with Crippen LogP contribution >= 0.6 is 0 Å². The molecule has 0 aromatic carbocycles. The van der Waals surface area contributed by atoms with Gasteiger partial charge in [0, 0.05) is 11.4 Å². The molecule has 0 unspecified atom stereocenters. The summed E-state index contributed by atoms with van der Waals surface area (Å²) < 4.78 is 12.0. The number of halogens is 1. The second-order valence-electron chi connectivity index (χ2n) is 4.03. The number of hydrogen-bond acceptors (Lipinski definition) is 2. The van der Waals surface area contributed by atoms with Gasteiger partial charge in [-0.2, -0.15) is 0 Å². The zero-order valence-corrected chi connectivity index (χ0v) is 10.1. The molecule has 0 aliphatic rings. The average Bonchev–Trinajstić information content (AvgIpc) is 2.17. The Labute approximate surface area is 92.0 Å². The standard InChI is InChI=1S/C12H21FN2/c1-9(2)11(14-5)8-12(10(3)4)15-7-6-13/h8-10H,5-7H2,1-4H3/b11-8-,15-12+. The van der Waals surface area contributed by atoms with E-state index in [0.29, 0.717) is 5.92 Å². The van der Waals surface area contributed by atoms with Gasteiger partial charge in [0.1, 0.15) is 6.67 Å². The molecule has 0 rings (SSSR count). The highest BCUT2D eigenvalue weighted by Gasteiger charge is 2.06. The predicted molar refractivity (Wildman–Crippen MR) is 65.6 cm³/mol. The van der Waals surface area contributed by atoms with Crippen LogP contribution in [0.25, 0.3) is 0 Å². The van der Waals surface area contributed by atoms with Gasteiger partial charge in [-0.3, -0.25) is 9.98 Å². The van der Waals surface area contributed by atoms with E-state index in [1.54, 1.807) is 0 Å². The first-order chi connectivity index (χ1) is 7.02. The van der Waals surface area contributed by atoms with Crippen LogP contribution in [0.4, 0.5) is 4.39 Å². The Kier molecular flexibility index (Phi) is 6.84. The third kappa shape index (κ3) is 5.45. The van der Waals surface area contributed by atoms with Crippen molar-refractivity contribution < 1.29 is 4.39 Å². The van der Waals surface area contributed by atoms with Gasteiger partial charge in [-0.25, -0.2) is 4.39 Å². The Morgan fingerprint density at radius 2 is 1.87 bits per heavy atom. The molecule has 0 amide bonds. The second-order valence-corrected chi connectivity index (χ2v) is 4.03. The molecule has 0 aromatic heterocycles. The van der Waals surface area contributed by atoms with E-state index in [-0.39, 0.29) is 12.5 Å². The maximum atomic E-state index is 12.0. The molecule has 0 heterocycles. The maximum Gasteiger partial charge on any atom is 0.109 e. The van der Waals surface area contributed by atoms with Gasteiger partial charge in [-0.15, -0.1) is 0 Å². The highest BCUT2D eigenvalue weighted by atomic mass is 19.1. The van der Waals surface area contributed by atoms with Gasteiger partial charge in [0.05, 0.1) is 6.54 Å². The number of nitrogens with zero attached hydrogens (tertiary/aromatic N) is 2. The molecule has 0 saturated carbocycles. The van der Waals surface area contributed by atoms with Crippen LogP contribution in [0.5, 0.6) is 0 Å². The van der Waals surface area contributed by atoms with E-state index in [9.17, 15) is 4.39 Å². The van der Waals surface area contributed by atoms with E-state index in [1.807, 2.05) is 33.8 Å². The van der Waals surface area contributed by atoms with E-state index in [1.165, 1.54) is 0 Å². The topological polar surface area (TPSA) is 24.7 Å². The van der Waals surface area contributed by atoms with Gasteiger partial charge >= 0.3 is 0 Å². The van der Waals surface area contributed by atoms with Crippen molar-refractivity contribution in [1.29, 1.82) is 0 Å². The van der Waals surface area contributed by atoms with Crippen LogP contribution in [-0.4, -0.2) is 25.6 Å². The first kappa shape index (κ1) is 14.0. The summed E-state index contributed by atoms with van der Waals surface area (Å²) in [5, 5.41) is 0. The van der Waals surface area contributed by atoms with Crippen molar-refractivity contribution in [2.24, 2.45) is 21.8 Å². The number of hydrogen-bond donors (Lipinski definition) is 0. The summed E-state index contributed by atoms with van der Waals surface area (Å²) in [6.07, 6.45) is 1.91. The summed E-state index contributed by atoms with van der Waals surface area (Å²) in [4.78, 5) is 8.14. The van der Waals surface area contributed by atoms with Crippen molar-refractivity contribution in [3.63, 3.8) is 0 Å². The zero-order chi connectivity index (χ0) is 11.8. The lowest BCUT2D eigenvalue weighted by molar-refractivity contribution is 0.504. The molecule has 15 heavy (non-hydrogen) atoms. The van der Waals surface area contributed by atoms with Gasteiger partial charge in [0.2, 0.25) is 0 Å². The van der Waals surface area contributed by atoms with Gasteiger partial charge in [-0.05, 0) is 24.6 Å². The summed E-state index contributed by atoms with van der Waals surface area (Å²) in [7, 11) is 0. The highest BCUT2D eigenvalue weighted by Crippen LogP contribution is 2.12. The largest absolute Gasteiger partial charge is 0.287 e. The fourth-order valence-corrected chi connectivity index (χ4v) is 1.11. The lowest BCUT2D eigenvalue weighted by atomic mass is 10.0. The van der Waals surface area contributed by atoms with Crippen LogP contribution in [0.3, 0.4) is 0 Å². The summed E-state index contributed by atoms with van der Waals surface area (Å²) >= 11 is 0. The number of aliphatic imine (C=N–C) groups is 2. The quantitative estimate of drug-likeness (QED) is 0.604. The van der Waals surface area contributed by atoms with Crippen LogP contribution in [0.2, 0.25) is 0 Å². The number of rotatable bonds is 6. The van der Waals surface area contributed by atoms with E-state index in [0.717, 1.165) is 11.4 Å². The van der Waals surface area contributed by atoms with Crippen LogP contribution in [0.15, 0.2) is 21.8 Å². The molecule has 0 aliphatic heterocycles. The second kappa shape index (κ2) is 7.32. The molecule has 3 heteroatoms. The molecule has 0 radical (unpaired) electrons. The van der Waals surface area contributed by atoms with Gasteiger partial charge < -0.3 is 0 Å². The summed E-state index contributed by atoms with van der Waals surface area (Å²) in [5.41, 5.74) is 1.80. The Morgan fingerprint density at radius 3 is 2.20 bits per heavy atom. The normalized spacial score (nSPS) is 13.8. The minimum absolute atomic E-state index is 0.229. The van der Waals surface area contributed by atoms with Crippen molar-refractivity contribution in [3.05, 3.63) is 11.8 Å². The molecule has 0 atom stereocenters. The van der Waals surface area contributed by atoms with Crippen LogP contribution < -0.4 is 0 Å².